The Kier molecular flexibility index (Phi) is 3.65. The molecule has 2 aromatic rings. The van der Waals surface area contributed by atoms with E-state index in [2.05, 4.69) is 4.98 Å². The van der Waals surface area contributed by atoms with Gasteiger partial charge in [0.1, 0.15) is 11.5 Å². The smallest absolute Gasteiger partial charge is 0.150 e. The Bertz CT molecular complexity index is 488. The SMILES string of the molecule is ClCc1ccncc1Oc1ccccc1Cl. The number of ether oxygens (including phenoxy) is 1. The minimum absolute atomic E-state index is 0.377. The topological polar surface area (TPSA) is 22.1 Å². The molecule has 0 aliphatic rings. The second kappa shape index (κ2) is 5.19. The Balaban J connectivity index is 2.30. The number of rotatable bonds is 3. The first-order valence-electron chi connectivity index (χ1n) is 4.72. The molecule has 0 N–H and O–H groups in total. The summed E-state index contributed by atoms with van der Waals surface area (Å²) in [6.45, 7) is 0. The molecule has 0 bridgehead atoms. The highest BCUT2D eigenvalue weighted by atomic mass is 35.5. The number of hydrogen-bond donors (Lipinski definition) is 0. The van der Waals surface area contributed by atoms with E-state index >= 15 is 0 Å². The summed E-state index contributed by atoms with van der Waals surface area (Å²) in [6, 6.07) is 9.10. The van der Waals surface area contributed by atoms with Gasteiger partial charge in [-0.3, -0.25) is 4.98 Å². The first-order valence-corrected chi connectivity index (χ1v) is 5.63. The van der Waals surface area contributed by atoms with Gasteiger partial charge in [0.2, 0.25) is 0 Å². The van der Waals surface area contributed by atoms with Crippen molar-refractivity contribution in [2.24, 2.45) is 0 Å². The highest BCUT2D eigenvalue weighted by Gasteiger charge is 2.06. The van der Waals surface area contributed by atoms with Gasteiger partial charge in [0.25, 0.3) is 0 Å². The molecule has 0 amide bonds. The van der Waals surface area contributed by atoms with Crippen molar-refractivity contribution < 1.29 is 4.74 Å². The standard InChI is InChI=1S/C12H9Cl2NO/c13-7-9-5-6-15-8-12(9)16-11-4-2-1-3-10(11)14/h1-6,8H,7H2. The fourth-order valence-electron chi connectivity index (χ4n) is 1.26. The van der Waals surface area contributed by atoms with Crippen molar-refractivity contribution in [3.63, 3.8) is 0 Å². The Hall–Kier alpha value is -1.25. The number of benzene rings is 1. The molecule has 0 aliphatic carbocycles. The lowest BCUT2D eigenvalue weighted by Crippen LogP contribution is -1.90. The van der Waals surface area contributed by atoms with Crippen LogP contribution in [-0.2, 0) is 5.88 Å². The Labute approximate surface area is 104 Å². The normalized spacial score (nSPS) is 10.1. The van der Waals surface area contributed by atoms with E-state index in [4.69, 9.17) is 27.9 Å². The second-order valence-corrected chi connectivity index (χ2v) is 3.82. The molecule has 0 radical (unpaired) electrons. The van der Waals surface area contributed by atoms with Crippen molar-refractivity contribution >= 4 is 23.2 Å². The van der Waals surface area contributed by atoms with E-state index in [1.54, 1.807) is 24.5 Å². The molecule has 1 heterocycles. The number of nitrogens with zero attached hydrogens (tertiary/aromatic N) is 1. The van der Waals surface area contributed by atoms with Crippen LogP contribution in [0.3, 0.4) is 0 Å². The van der Waals surface area contributed by atoms with Crippen LogP contribution in [0.2, 0.25) is 5.02 Å². The summed E-state index contributed by atoms with van der Waals surface area (Å²) < 4.78 is 5.65. The summed E-state index contributed by atoms with van der Waals surface area (Å²) in [5.41, 5.74) is 0.886. The maximum absolute atomic E-state index is 5.99. The minimum Gasteiger partial charge on any atom is -0.454 e. The average Bonchev–Trinajstić information content (AvgIpc) is 2.33. The van der Waals surface area contributed by atoms with Crippen molar-refractivity contribution in [2.45, 2.75) is 5.88 Å². The third kappa shape index (κ3) is 2.46. The second-order valence-electron chi connectivity index (χ2n) is 3.15. The van der Waals surface area contributed by atoms with Gasteiger partial charge < -0.3 is 4.74 Å². The van der Waals surface area contributed by atoms with Crippen LogP contribution in [0.25, 0.3) is 0 Å². The quantitative estimate of drug-likeness (QED) is 0.763. The highest BCUT2D eigenvalue weighted by molar-refractivity contribution is 6.32. The van der Waals surface area contributed by atoms with Crippen LogP contribution in [0.4, 0.5) is 0 Å². The van der Waals surface area contributed by atoms with Crippen LogP contribution in [0.15, 0.2) is 42.7 Å². The minimum atomic E-state index is 0.377. The summed E-state index contributed by atoms with van der Waals surface area (Å²) in [5, 5.41) is 0.562. The average molecular weight is 254 g/mol. The van der Waals surface area contributed by atoms with Crippen LogP contribution in [0.1, 0.15) is 5.56 Å². The van der Waals surface area contributed by atoms with Crippen LogP contribution >= 0.6 is 23.2 Å². The molecule has 0 aliphatic heterocycles. The van der Waals surface area contributed by atoms with E-state index < -0.39 is 0 Å². The van der Waals surface area contributed by atoms with Crippen LogP contribution < -0.4 is 4.74 Å². The van der Waals surface area contributed by atoms with E-state index in [1.807, 2.05) is 18.2 Å². The van der Waals surface area contributed by atoms with Crippen molar-refractivity contribution in [1.29, 1.82) is 0 Å². The van der Waals surface area contributed by atoms with Gasteiger partial charge in [-0.2, -0.15) is 0 Å². The summed E-state index contributed by atoms with van der Waals surface area (Å²) >= 11 is 11.8. The lowest BCUT2D eigenvalue weighted by molar-refractivity contribution is 0.476. The molecule has 0 atom stereocenters. The van der Waals surface area contributed by atoms with Gasteiger partial charge in [-0.1, -0.05) is 23.7 Å². The number of para-hydroxylation sites is 1. The van der Waals surface area contributed by atoms with E-state index in [0.29, 0.717) is 22.4 Å². The number of pyridine rings is 1. The fraction of sp³-hybridized carbons (Fsp3) is 0.0833. The van der Waals surface area contributed by atoms with E-state index in [9.17, 15) is 0 Å². The molecule has 82 valence electrons. The fourth-order valence-corrected chi connectivity index (χ4v) is 1.65. The molecule has 2 nitrogen and oxygen atoms in total. The van der Waals surface area contributed by atoms with E-state index in [1.165, 1.54) is 0 Å². The Morgan fingerprint density at radius 1 is 1.12 bits per heavy atom. The molecule has 0 spiro atoms. The van der Waals surface area contributed by atoms with E-state index in [-0.39, 0.29) is 0 Å². The van der Waals surface area contributed by atoms with Gasteiger partial charge in [-0.15, -0.1) is 11.6 Å². The lowest BCUT2D eigenvalue weighted by atomic mass is 10.3. The molecule has 0 fully saturated rings. The van der Waals surface area contributed by atoms with Gasteiger partial charge in [0, 0.05) is 11.8 Å². The highest BCUT2D eigenvalue weighted by Crippen LogP contribution is 2.30. The zero-order valence-corrected chi connectivity index (χ0v) is 9.87. The molecule has 2 rings (SSSR count). The summed E-state index contributed by atoms with van der Waals surface area (Å²) in [6.07, 6.45) is 3.30. The molecule has 0 unspecified atom stereocenters. The molecular weight excluding hydrogens is 245 g/mol. The van der Waals surface area contributed by atoms with Crippen LogP contribution in [0.5, 0.6) is 11.5 Å². The number of alkyl halides is 1. The third-order valence-electron chi connectivity index (χ3n) is 2.07. The van der Waals surface area contributed by atoms with Gasteiger partial charge in [-0.05, 0) is 18.2 Å². The van der Waals surface area contributed by atoms with Crippen LogP contribution in [-0.4, -0.2) is 4.98 Å². The molecule has 1 aromatic heterocycles. The zero-order valence-electron chi connectivity index (χ0n) is 8.36. The van der Waals surface area contributed by atoms with Gasteiger partial charge in [0.05, 0.1) is 17.1 Å². The number of aromatic nitrogens is 1. The maximum Gasteiger partial charge on any atom is 0.150 e. The lowest BCUT2D eigenvalue weighted by Gasteiger charge is -2.09. The first-order chi connectivity index (χ1) is 7.81. The van der Waals surface area contributed by atoms with Crippen molar-refractivity contribution in [2.75, 3.05) is 0 Å². The van der Waals surface area contributed by atoms with Gasteiger partial charge in [-0.25, -0.2) is 0 Å². The number of halogens is 2. The predicted molar refractivity (Wildman–Crippen MR) is 65.3 cm³/mol. The van der Waals surface area contributed by atoms with Crippen molar-refractivity contribution in [3.8, 4) is 11.5 Å². The van der Waals surface area contributed by atoms with Crippen molar-refractivity contribution in [3.05, 3.63) is 53.3 Å². The molecule has 1 aromatic carbocycles. The largest absolute Gasteiger partial charge is 0.454 e. The summed E-state index contributed by atoms with van der Waals surface area (Å²) in [5.74, 6) is 1.61. The molecule has 16 heavy (non-hydrogen) atoms. The van der Waals surface area contributed by atoms with E-state index in [0.717, 1.165) is 5.56 Å². The summed E-state index contributed by atoms with van der Waals surface area (Å²) in [4.78, 5) is 3.99. The molecular formula is C12H9Cl2NO. The predicted octanol–water partition coefficient (Wildman–Crippen LogP) is 4.27. The zero-order chi connectivity index (χ0) is 11.4. The Morgan fingerprint density at radius 2 is 1.94 bits per heavy atom. The molecule has 0 saturated heterocycles. The number of hydrogen-bond acceptors (Lipinski definition) is 2. The van der Waals surface area contributed by atoms with Crippen LogP contribution in [0, 0.1) is 0 Å². The Morgan fingerprint density at radius 3 is 2.69 bits per heavy atom. The van der Waals surface area contributed by atoms with Gasteiger partial charge >= 0.3 is 0 Å². The van der Waals surface area contributed by atoms with Gasteiger partial charge in [0.15, 0.2) is 0 Å². The molecule has 0 saturated carbocycles. The third-order valence-corrected chi connectivity index (χ3v) is 2.67. The monoisotopic (exact) mass is 253 g/mol. The maximum atomic E-state index is 5.99. The molecule has 4 heteroatoms. The summed E-state index contributed by atoms with van der Waals surface area (Å²) in [7, 11) is 0. The van der Waals surface area contributed by atoms with Crippen molar-refractivity contribution in [1.82, 2.24) is 4.98 Å². The first kappa shape index (κ1) is 11.2.